The van der Waals surface area contributed by atoms with Crippen molar-refractivity contribution in [3.05, 3.63) is 99.8 Å². The third-order valence-corrected chi connectivity index (χ3v) is 8.28. The fraction of sp³-hybridized carbons (Fsp3) is 0.200. The molecule has 45 heavy (non-hydrogen) atoms. The summed E-state index contributed by atoms with van der Waals surface area (Å²) in [4.78, 5) is 36.4. The fourth-order valence-electron chi connectivity index (χ4n) is 5.52. The van der Waals surface area contributed by atoms with Gasteiger partial charge in [0.25, 0.3) is 5.56 Å². The van der Waals surface area contributed by atoms with Gasteiger partial charge < -0.3 is 5.32 Å². The van der Waals surface area contributed by atoms with E-state index < -0.39 is 6.04 Å². The number of carbonyl (C=O) groups excluding carboxylic acids is 1. The molecule has 0 fully saturated rings. The van der Waals surface area contributed by atoms with Crippen LogP contribution in [0.15, 0.2) is 83.5 Å². The number of aromatic amines is 1. The van der Waals surface area contributed by atoms with Gasteiger partial charge in [-0.2, -0.15) is 10.2 Å². The van der Waals surface area contributed by atoms with Crippen LogP contribution in [0.1, 0.15) is 37.9 Å². The van der Waals surface area contributed by atoms with Gasteiger partial charge in [0.2, 0.25) is 5.91 Å². The van der Waals surface area contributed by atoms with Crippen LogP contribution in [0.4, 0.5) is 11.4 Å². The second kappa shape index (κ2) is 11.8. The van der Waals surface area contributed by atoms with E-state index in [0.29, 0.717) is 69.3 Å². The van der Waals surface area contributed by atoms with Crippen LogP contribution in [-0.2, 0) is 4.79 Å². The van der Waals surface area contributed by atoms with E-state index in [1.54, 1.807) is 63.6 Å². The maximum Gasteiger partial charge on any atom is 0.254 e. The van der Waals surface area contributed by atoms with E-state index in [9.17, 15) is 9.59 Å². The number of fused-ring (bicyclic) bond motifs is 4. The Morgan fingerprint density at radius 1 is 1.02 bits per heavy atom. The van der Waals surface area contributed by atoms with Crippen LogP contribution in [0.25, 0.3) is 28.3 Å². The van der Waals surface area contributed by atoms with Crippen molar-refractivity contribution in [2.75, 3.05) is 10.3 Å². The van der Waals surface area contributed by atoms with E-state index in [-0.39, 0.29) is 17.4 Å². The molecule has 13 nitrogen and oxygen atoms in total. The number of anilines is 2. The van der Waals surface area contributed by atoms with E-state index in [1.807, 2.05) is 25.1 Å². The number of nitrogens with zero attached hydrogens (tertiary/aromatic N) is 7. The first-order chi connectivity index (χ1) is 21.8. The summed E-state index contributed by atoms with van der Waals surface area (Å²) in [6.45, 7) is 1.89. The summed E-state index contributed by atoms with van der Waals surface area (Å²) in [6.07, 6.45) is 10.2. The number of amides is 1. The Kier molecular flexibility index (Phi) is 7.57. The van der Waals surface area contributed by atoms with Gasteiger partial charge >= 0.3 is 0 Å². The van der Waals surface area contributed by atoms with E-state index in [0.717, 1.165) is 5.56 Å². The molecule has 6 heterocycles. The molecular formula is C30H27Cl2N11O2. The standard InChI is InChI=1S/C30H27Cl2N11O2/c1-17-3-2-4-25(22-11-18(7-9-33-22)29-23(36-30(17)45)14-43(39-29)27-8-10-35-38-27)41-16-34-21(13-28(41)44)20-12-19(31)5-6-24(20)42-15-26(32)37-40-42/h5-17,25,37,40H,2-4H2,1H3,(H,35,38)(H,36,45)/t17-,25+/m1/s1. The van der Waals surface area contributed by atoms with Crippen LogP contribution in [0.3, 0.4) is 0 Å². The van der Waals surface area contributed by atoms with Crippen LogP contribution in [-0.4, -0.2) is 40.4 Å². The molecule has 2 atom stereocenters. The predicted octanol–water partition coefficient (Wildman–Crippen LogP) is 4.75. The molecule has 15 heteroatoms. The number of H-pyrrole nitrogens is 1. The monoisotopic (exact) mass is 643 g/mol. The maximum atomic E-state index is 13.8. The number of nitrogens with one attached hydrogen (secondary N) is 4. The van der Waals surface area contributed by atoms with E-state index in [2.05, 4.69) is 31.5 Å². The van der Waals surface area contributed by atoms with Crippen LogP contribution in [0.2, 0.25) is 5.02 Å². The number of carbonyl (C=O) groups is 1. The summed E-state index contributed by atoms with van der Waals surface area (Å²) in [5.41, 5.74) is 9.83. The fourth-order valence-corrected chi connectivity index (χ4v) is 5.84. The number of hydrazine groups is 2. The highest BCUT2D eigenvalue weighted by Crippen LogP contribution is 2.34. The lowest BCUT2D eigenvalue weighted by Gasteiger charge is -2.22. The van der Waals surface area contributed by atoms with Gasteiger partial charge in [-0.1, -0.05) is 36.5 Å². The molecule has 0 spiro atoms. The van der Waals surface area contributed by atoms with Crippen molar-refractivity contribution in [2.45, 2.75) is 32.2 Å². The highest BCUT2D eigenvalue weighted by atomic mass is 35.5. The highest BCUT2D eigenvalue weighted by molar-refractivity contribution is 6.31. The van der Waals surface area contributed by atoms with E-state index >= 15 is 0 Å². The Morgan fingerprint density at radius 2 is 1.91 bits per heavy atom. The molecule has 2 bridgehead atoms. The summed E-state index contributed by atoms with van der Waals surface area (Å²) in [5.74, 6) is 0.203. The number of hydrogen-bond donors (Lipinski definition) is 4. The zero-order chi connectivity index (χ0) is 31.1. The zero-order valence-electron chi connectivity index (χ0n) is 23.9. The first-order valence-corrected chi connectivity index (χ1v) is 15.0. The van der Waals surface area contributed by atoms with Gasteiger partial charge in [-0.25, -0.2) is 9.67 Å². The Labute approximate surface area is 266 Å². The number of pyridine rings is 1. The number of rotatable bonds is 4. The van der Waals surface area contributed by atoms with Gasteiger partial charge in [-0.3, -0.25) is 34.7 Å². The van der Waals surface area contributed by atoms with Crippen LogP contribution in [0.5, 0.6) is 0 Å². The molecule has 228 valence electrons. The third-order valence-electron chi connectivity index (χ3n) is 7.86. The quantitative estimate of drug-likeness (QED) is 0.203. The highest BCUT2D eigenvalue weighted by Gasteiger charge is 2.25. The molecule has 2 aliphatic rings. The van der Waals surface area contributed by atoms with Crippen molar-refractivity contribution in [1.82, 2.24) is 45.5 Å². The molecule has 0 radical (unpaired) electrons. The largest absolute Gasteiger partial charge is 0.323 e. The smallest absolute Gasteiger partial charge is 0.254 e. The van der Waals surface area contributed by atoms with Gasteiger partial charge in [0.05, 0.1) is 47.5 Å². The van der Waals surface area contributed by atoms with E-state index in [4.69, 9.17) is 33.3 Å². The minimum absolute atomic E-state index is 0.108. The van der Waals surface area contributed by atoms with Crippen molar-refractivity contribution < 1.29 is 4.79 Å². The third kappa shape index (κ3) is 5.68. The number of aromatic nitrogens is 7. The topological polar surface area (TPSA) is 151 Å². The molecular weight excluding hydrogens is 617 g/mol. The van der Waals surface area contributed by atoms with Crippen molar-refractivity contribution in [2.24, 2.45) is 5.92 Å². The molecule has 4 aromatic heterocycles. The van der Waals surface area contributed by atoms with Crippen molar-refractivity contribution in [3.63, 3.8) is 0 Å². The maximum absolute atomic E-state index is 13.8. The predicted molar refractivity (Wildman–Crippen MR) is 170 cm³/mol. The van der Waals surface area contributed by atoms with Gasteiger partial charge in [0, 0.05) is 46.6 Å². The minimum Gasteiger partial charge on any atom is -0.323 e. The second-order valence-electron chi connectivity index (χ2n) is 10.8. The number of benzene rings is 1. The van der Waals surface area contributed by atoms with Gasteiger partial charge in [0.15, 0.2) is 5.82 Å². The minimum atomic E-state index is -0.435. The lowest BCUT2D eigenvalue weighted by Crippen LogP contribution is -2.36. The van der Waals surface area contributed by atoms with Crippen molar-refractivity contribution >= 4 is 40.5 Å². The molecule has 1 amide bonds. The average Bonchev–Trinajstić information content (AvgIpc) is 3.81. The lowest BCUT2D eigenvalue weighted by molar-refractivity contribution is -0.119. The van der Waals surface area contributed by atoms with Gasteiger partial charge in [-0.15, -0.1) is 5.53 Å². The first kappa shape index (κ1) is 28.8. The van der Waals surface area contributed by atoms with Crippen LogP contribution in [0, 0.1) is 5.92 Å². The Hall–Kier alpha value is -4.98. The Morgan fingerprint density at radius 3 is 2.69 bits per heavy atom. The van der Waals surface area contributed by atoms with E-state index in [1.165, 1.54) is 6.07 Å². The van der Waals surface area contributed by atoms with Crippen molar-refractivity contribution in [3.8, 4) is 28.3 Å². The molecule has 0 aliphatic carbocycles. The molecule has 0 unspecified atom stereocenters. The van der Waals surface area contributed by atoms with Crippen LogP contribution < -0.4 is 26.8 Å². The molecule has 0 saturated heterocycles. The molecule has 7 rings (SSSR count). The summed E-state index contributed by atoms with van der Waals surface area (Å²) >= 11 is 12.4. The second-order valence-corrected chi connectivity index (χ2v) is 11.7. The summed E-state index contributed by atoms with van der Waals surface area (Å²) in [5, 5.41) is 17.4. The molecule has 4 N–H and O–H groups in total. The molecule has 0 saturated carbocycles. The lowest BCUT2D eigenvalue weighted by atomic mass is 9.97. The summed E-state index contributed by atoms with van der Waals surface area (Å²) in [7, 11) is 0. The van der Waals surface area contributed by atoms with Crippen molar-refractivity contribution in [1.29, 1.82) is 0 Å². The zero-order valence-corrected chi connectivity index (χ0v) is 25.4. The Bertz CT molecular complexity index is 1990. The van der Waals surface area contributed by atoms with Gasteiger partial charge in [0.1, 0.15) is 10.9 Å². The number of halogens is 2. The first-order valence-electron chi connectivity index (χ1n) is 14.3. The molecule has 5 aromatic rings. The molecule has 1 aromatic carbocycles. The summed E-state index contributed by atoms with van der Waals surface area (Å²) < 4.78 is 3.20. The van der Waals surface area contributed by atoms with Crippen LogP contribution >= 0.6 is 23.2 Å². The summed E-state index contributed by atoms with van der Waals surface area (Å²) in [6, 6.07) is 11.9. The number of hydrogen-bond acceptors (Lipinski definition) is 9. The normalized spacial score (nSPS) is 18.3. The Balaban J connectivity index is 1.29. The molecule has 2 aliphatic heterocycles. The van der Waals surface area contributed by atoms with Gasteiger partial charge in [-0.05, 0) is 43.2 Å². The average molecular weight is 645 g/mol. The SMILES string of the molecule is C[C@@H]1CCC[C@H](n2cnc(-c3cc(Cl)ccc3N3C=C(Cl)NN3)cc2=O)c2cc(ccn2)-c2nn(-c3cc[nH]n3)cc2NC1=O.